The molecule has 0 spiro atoms. The molecule has 7 heteroatoms. The number of nitrogens with zero attached hydrogens (tertiary/aromatic N) is 1. The maximum Gasteiger partial charge on any atom is 0.244 e. The summed E-state index contributed by atoms with van der Waals surface area (Å²) in [5, 5.41) is 5.14. The molecule has 1 saturated heterocycles. The highest BCUT2D eigenvalue weighted by atomic mass is 32.2. The largest absolute Gasteiger partial charge is 0.378 e. The predicted molar refractivity (Wildman–Crippen MR) is 85.1 cm³/mol. The molecule has 1 unspecified atom stereocenters. The number of rotatable bonds is 6. The Kier molecular flexibility index (Phi) is 5.79. The van der Waals surface area contributed by atoms with Gasteiger partial charge in [0.15, 0.2) is 0 Å². The maximum absolute atomic E-state index is 12.9. The molecule has 0 aromatic carbocycles. The molecule has 1 atom stereocenters. The third kappa shape index (κ3) is 3.84. The molecule has 0 amide bonds. The molecule has 0 bridgehead atoms. The average molecular weight is 332 g/mol. The van der Waals surface area contributed by atoms with Gasteiger partial charge in [0.1, 0.15) is 0 Å². The van der Waals surface area contributed by atoms with E-state index >= 15 is 0 Å². The number of sulfonamides is 1. The number of morpholine rings is 1. The quantitative estimate of drug-likeness (QED) is 0.866. The van der Waals surface area contributed by atoms with Crippen molar-refractivity contribution in [2.24, 2.45) is 0 Å². The van der Waals surface area contributed by atoms with Gasteiger partial charge in [0.25, 0.3) is 0 Å². The van der Waals surface area contributed by atoms with Crippen LogP contribution in [0.5, 0.6) is 0 Å². The van der Waals surface area contributed by atoms with Crippen LogP contribution in [0.25, 0.3) is 0 Å². The van der Waals surface area contributed by atoms with Crippen molar-refractivity contribution in [3.8, 4) is 0 Å². The van der Waals surface area contributed by atoms with Gasteiger partial charge in [-0.3, -0.25) is 0 Å². The van der Waals surface area contributed by atoms with Crippen LogP contribution >= 0.6 is 11.3 Å². The molecule has 0 aliphatic carbocycles. The summed E-state index contributed by atoms with van der Waals surface area (Å²) >= 11 is 1.49. The molecule has 2 heterocycles. The Labute approximate surface area is 131 Å². The number of hydrogen-bond donors (Lipinski definition) is 1. The summed E-state index contributed by atoms with van der Waals surface area (Å²) in [6.07, 6.45) is 0.767. The van der Waals surface area contributed by atoms with Gasteiger partial charge < -0.3 is 10.1 Å². The molecule has 0 saturated carbocycles. The van der Waals surface area contributed by atoms with E-state index in [1.165, 1.54) is 11.3 Å². The summed E-state index contributed by atoms with van der Waals surface area (Å²) < 4.78 is 32.9. The molecule has 1 aromatic rings. The van der Waals surface area contributed by atoms with Crippen molar-refractivity contribution in [2.45, 2.75) is 50.7 Å². The first kappa shape index (κ1) is 16.9. The van der Waals surface area contributed by atoms with Crippen LogP contribution < -0.4 is 5.32 Å². The third-order valence-electron chi connectivity index (χ3n) is 3.61. The monoisotopic (exact) mass is 332 g/mol. The van der Waals surface area contributed by atoms with Crippen LogP contribution in [-0.4, -0.2) is 44.6 Å². The Morgan fingerprint density at radius 2 is 2.29 bits per heavy atom. The van der Waals surface area contributed by atoms with Gasteiger partial charge in [-0.05, 0) is 17.9 Å². The van der Waals surface area contributed by atoms with Gasteiger partial charge in [0.05, 0.1) is 18.1 Å². The fourth-order valence-electron chi connectivity index (χ4n) is 2.39. The fraction of sp³-hybridized carbons (Fsp3) is 0.714. The minimum atomic E-state index is -3.43. The van der Waals surface area contributed by atoms with Crippen molar-refractivity contribution >= 4 is 21.4 Å². The van der Waals surface area contributed by atoms with Crippen molar-refractivity contribution in [3.05, 3.63) is 16.3 Å². The molecule has 1 fully saturated rings. The Morgan fingerprint density at radius 1 is 1.52 bits per heavy atom. The molecule has 2 rings (SSSR count). The van der Waals surface area contributed by atoms with E-state index in [2.05, 4.69) is 19.2 Å². The molecule has 1 aliphatic heterocycles. The lowest BCUT2D eigenvalue weighted by Crippen LogP contribution is -2.48. The Bertz CT molecular complexity index is 554. The molecule has 120 valence electrons. The summed E-state index contributed by atoms with van der Waals surface area (Å²) in [6, 6.07) is 1.99. The third-order valence-corrected chi connectivity index (χ3v) is 6.69. The van der Waals surface area contributed by atoms with Crippen LogP contribution in [0.3, 0.4) is 0 Å². The zero-order chi connectivity index (χ0) is 15.5. The van der Waals surface area contributed by atoms with Crippen molar-refractivity contribution in [2.75, 3.05) is 19.8 Å². The van der Waals surface area contributed by atoms with Crippen LogP contribution in [0.4, 0.5) is 0 Å². The second-order valence-electron chi connectivity index (χ2n) is 5.50. The molecular weight excluding hydrogens is 308 g/mol. The van der Waals surface area contributed by atoms with E-state index in [1.807, 2.05) is 12.3 Å². The van der Waals surface area contributed by atoms with E-state index in [-0.39, 0.29) is 6.04 Å². The average Bonchev–Trinajstić information content (AvgIpc) is 2.94. The Hall–Kier alpha value is -0.470. The van der Waals surface area contributed by atoms with Crippen LogP contribution in [0.2, 0.25) is 0 Å². The fourth-order valence-corrected chi connectivity index (χ4v) is 5.42. The summed E-state index contributed by atoms with van der Waals surface area (Å²) in [5.74, 6) is 0. The molecule has 5 nitrogen and oxygen atoms in total. The van der Waals surface area contributed by atoms with Crippen LogP contribution in [0.1, 0.15) is 32.1 Å². The minimum absolute atomic E-state index is 0.0606. The summed E-state index contributed by atoms with van der Waals surface area (Å²) in [5.41, 5.74) is 0. The Balaban J connectivity index is 2.24. The van der Waals surface area contributed by atoms with Crippen molar-refractivity contribution in [3.63, 3.8) is 0 Å². The van der Waals surface area contributed by atoms with Gasteiger partial charge in [-0.2, -0.15) is 4.31 Å². The van der Waals surface area contributed by atoms with Crippen molar-refractivity contribution < 1.29 is 13.2 Å². The second kappa shape index (κ2) is 7.19. The molecule has 21 heavy (non-hydrogen) atoms. The van der Waals surface area contributed by atoms with Gasteiger partial charge in [0, 0.05) is 30.1 Å². The molecular formula is C14H24N2O3S2. The lowest BCUT2D eigenvalue weighted by atomic mass is 10.2. The zero-order valence-electron chi connectivity index (χ0n) is 12.8. The lowest BCUT2D eigenvalue weighted by Gasteiger charge is -2.34. The highest BCUT2D eigenvalue weighted by molar-refractivity contribution is 7.89. The molecule has 1 N–H and O–H groups in total. The maximum atomic E-state index is 12.9. The van der Waals surface area contributed by atoms with E-state index in [1.54, 1.807) is 10.4 Å². The highest BCUT2D eigenvalue weighted by Crippen LogP contribution is 2.28. The predicted octanol–water partition coefficient (Wildman–Crippen LogP) is 2.05. The lowest BCUT2D eigenvalue weighted by molar-refractivity contribution is 0.0314. The van der Waals surface area contributed by atoms with Gasteiger partial charge in [-0.25, -0.2) is 8.42 Å². The second-order valence-corrected chi connectivity index (χ2v) is 8.36. The summed E-state index contributed by atoms with van der Waals surface area (Å²) in [7, 11) is -3.43. The van der Waals surface area contributed by atoms with Crippen LogP contribution in [0.15, 0.2) is 16.3 Å². The van der Waals surface area contributed by atoms with Crippen molar-refractivity contribution in [1.82, 2.24) is 9.62 Å². The topological polar surface area (TPSA) is 58.6 Å². The highest BCUT2D eigenvalue weighted by Gasteiger charge is 2.34. The minimum Gasteiger partial charge on any atom is -0.378 e. The summed E-state index contributed by atoms with van der Waals surface area (Å²) in [4.78, 5) is 1.33. The van der Waals surface area contributed by atoms with Crippen LogP contribution in [0, 0.1) is 0 Å². The first-order valence-corrected chi connectivity index (χ1v) is 9.68. The standard InChI is InChI=1S/C14H24N2O3S2/c1-4-12-10-19-7-6-16(12)21(17,18)14-5-8-20-13(14)9-15-11(2)3/h5,8,11-12,15H,4,6-7,9-10H2,1-3H3. The van der Waals surface area contributed by atoms with E-state index in [0.29, 0.717) is 37.2 Å². The number of thiophene rings is 1. The summed E-state index contributed by atoms with van der Waals surface area (Å²) in [6.45, 7) is 8.09. The SMILES string of the molecule is CCC1COCCN1S(=O)(=O)c1ccsc1CNC(C)C. The normalized spacial score (nSPS) is 21.0. The molecule has 0 radical (unpaired) electrons. The Morgan fingerprint density at radius 3 is 2.95 bits per heavy atom. The van der Waals surface area contributed by atoms with E-state index in [0.717, 1.165) is 11.3 Å². The van der Waals surface area contributed by atoms with Crippen molar-refractivity contribution in [1.29, 1.82) is 0 Å². The van der Waals surface area contributed by atoms with E-state index in [4.69, 9.17) is 4.74 Å². The van der Waals surface area contributed by atoms with E-state index in [9.17, 15) is 8.42 Å². The first-order valence-electron chi connectivity index (χ1n) is 7.36. The number of hydrogen-bond acceptors (Lipinski definition) is 5. The first-order chi connectivity index (χ1) is 9.96. The van der Waals surface area contributed by atoms with Gasteiger partial charge in [-0.1, -0.05) is 20.8 Å². The smallest absolute Gasteiger partial charge is 0.244 e. The molecule has 1 aliphatic rings. The van der Waals surface area contributed by atoms with E-state index < -0.39 is 10.0 Å². The zero-order valence-corrected chi connectivity index (χ0v) is 14.5. The van der Waals surface area contributed by atoms with Gasteiger partial charge in [-0.15, -0.1) is 11.3 Å². The van der Waals surface area contributed by atoms with Crippen LogP contribution in [-0.2, 0) is 21.3 Å². The van der Waals surface area contributed by atoms with Gasteiger partial charge >= 0.3 is 0 Å². The number of nitrogens with one attached hydrogen (secondary N) is 1. The number of ether oxygens (including phenoxy) is 1. The van der Waals surface area contributed by atoms with Gasteiger partial charge in [0.2, 0.25) is 10.0 Å². The molecule has 1 aromatic heterocycles.